The van der Waals surface area contributed by atoms with Crippen LogP contribution in [0.25, 0.3) is 0 Å². The van der Waals surface area contributed by atoms with Crippen molar-refractivity contribution in [2.24, 2.45) is 0 Å². The molecule has 18 heavy (non-hydrogen) atoms. The van der Waals surface area contributed by atoms with E-state index in [4.69, 9.17) is 9.84 Å². The number of nitrogens with zero attached hydrogens (tertiary/aromatic N) is 1. The number of carbonyl (C=O) groups is 2. The van der Waals surface area contributed by atoms with Crippen LogP contribution < -0.4 is 4.74 Å². The van der Waals surface area contributed by atoms with Gasteiger partial charge in [0.05, 0.1) is 5.51 Å². The van der Waals surface area contributed by atoms with Gasteiger partial charge in [0.1, 0.15) is 4.88 Å². The van der Waals surface area contributed by atoms with E-state index in [9.17, 15) is 14.0 Å². The van der Waals surface area contributed by atoms with Crippen LogP contribution in [-0.2, 0) is 0 Å². The fourth-order valence-electron chi connectivity index (χ4n) is 1.22. The summed E-state index contributed by atoms with van der Waals surface area (Å²) >= 11 is 0.822. The van der Waals surface area contributed by atoms with Crippen LogP contribution in [-0.4, -0.2) is 22.0 Å². The molecule has 0 aliphatic heterocycles. The Kier molecular flexibility index (Phi) is 3.33. The quantitative estimate of drug-likeness (QED) is 0.681. The van der Waals surface area contributed by atoms with Crippen LogP contribution in [0, 0.1) is 5.82 Å². The fourth-order valence-corrected chi connectivity index (χ4v) is 1.87. The molecule has 1 heterocycles. The molecule has 0 radical (unpaired) electrons. The van der Waals surface area contributed by atoms with Crippen molar-refractivity contribution in [1.29, 1.82) is 0 Å². The molecule has 0 aliphatic rings. The average Bonchev–Trinajstić information content (AvgIpc) is 2.81. The van der Waals surface area contributed by atoms with Crippen molar-refractivity contribution in [2.75, 3.05) is 0 Å². The van der Waals surface area contributed by atoms with Gasteiger partial charge in [0.15, 0.2) is 17.3 Å². The lowest BCUT2D eigenvalue weighted by Gasteiger charge is -2.03. The second-order valence-electron chi connectivity index (χ2n) is 3.16. The molecular formula is C11H6FNO4S. The van der Waals surface area contributed by atoms with Crippen molar-refractivity contribution in [2.45, 2.75) is 0 Å². The number of ether oxygens (including phenoxy) is 1. The third kappa shape index (κ3) is 2.35. The number of rotatable bonds is 3. The number of aromatic carboxylic acids is 1. The van der Waals surface area contributed by atoms with Crippen LogP contribution >= 0.6 is 11.3 Å². The summed E-state index contributed by atoms with van der Waals surface area (Å²) in [5.74, 6) is -3.24. The molecule has 2 rings (SSSR count). The first-order chi connectivity index (χ1) is 8.59. The van der Waals surface area contributed by atoms with E-state index in [1.807, 2.05) is 0 Å². The van der Waals surface area contributed by atoms with Gasteiger partial charge in [0.2, 0.25) is 0 Å². The number of aromatic nitrogens is 1. The van der Waals surface area contributed by atoms with Gasteiger partial charge >= 0.3 is 11.9 Å². The summed E-state index contributed by atoms with van der Waals surface area (Å²) in [6, 6.07) is 5.35. The number of esters is 1. The van der Waals surface area contributed by atoms with Crippen molar-refractivity contribution in [3.05, 3.63) is 46.2 Å². The Morgan fingerprint density at radius 3 is 2.72 bits per heavy atom. The van der Waals surface area contributed by atoms with E-state index in [-0.39, 0.29) is 10.6 Å². The molecule has 92 valence electrons. The number of hydrogen-bond acceptors (Lipinski definition) is 5. The number of halogens is 1. The molecule has 0 unspecified atom stereocenters. The summed E-state index contributed by atoms with van der Waals surface area (Å²) in [5.41, 5.74) is 0.808. The zero-order chi connectivity index (χ0) is 13.1. The van der Waals surface area contributed by atoms with Crippen LogP contribution in [0.5, 0.6) is 5.75 Å². The van der Waals surface area contributed by atoms with Crippen molar-refractivity contribution >= 4 is 23.3 Å². The first-order valence-electron chi connectivity index (χ1n) is 4.73. The normalized spacial score (nSPS) is 10.1. The number of thiazole rings is 1. The minimum Gasteiger partial charge on any atom is -0.476 e. The smallest absolute Gasteiger partial charge is 0.356 e. The van der Waals surface area contributed by atoms with Gasteiger partial charge in [-0.15, -0.1) is 11.3 Å². The van der Waals surface area contributed by atoms with Gasteiger partial charge in [-0.1, -0.05) is 12.1 Å². The standard InChI is InChI=1S/C11H6FNO4S/c12-6-3-1-2-4-7(6)17-11(16)9-8(10(14)15)13-5-18-9/h1-5H,(H,14,15). The number of carboxylic acid groups (broad SMARTS) is 1. The first-order valence-corrected chi connectivity index (χ1v) is 5.61. The van der Waals surface area contributed by atoms with Gasteiger partial charge in [0, 0.05) is 0 Å². The molecule has 1 aromatic carbocycles. The maximum Gasteiger partial charge on any atom is 0.356 e. The Labute approximate surface area is 104 Å². The lowest BCUT2D eigenvalue weighted by Crippen LogP contribution is -2.12. The van der Waals surface area contributed by atoms with Gasteiger partial charge < -0.3 is 9.84 Å². The highest BCUT2D eigenvalue weighted by Crippen LogP contribution is 2.20. The van der Waals surface area contributed by atoms with Crippen molar-refractivity contribution in [1.82, 2.24) is 4.98 Å². The Bertz CT molecular complexity index is 611. The Hall–Kier alpha value is -2.28. The van der Waals surface area contributed by atoms with Crippen LogP contribution in [0.1, 0.15) is 20.2 Å². The summed E-state index contributed by atoms with van der Waals surface area (Å²) in [6.07, 6.45) is 0. The van der Waals surface area contributed by atoms with Crippen molar-refractivity contribution < 1.29 is 23.8 Å². The van der Waals surface area contributed by atoms with E-state index in [2.05, 4.69) is 4.98 Å². The first kappa shape index (κ1) is 12.2. The molecule has 0 bridgehead atoms. The Morgan fingerprint density at radius 1 is 1.33 bits per heavy atom. The fraction of sp³-hybridized carbons (Fsp3) is 0. The molecule has 1 aromatic heterocycles. The molecule has 1 N–H and O–H groups in total. The second kappa shape index (κ2) is 4.92. The highest BCUT2D eigenvalue weighted by atomic mass is 32.1. The van der Waals surface area contributed by atoms with E-state index >= 15 is 0 Å². The molecule has 7 heteroatoms. The zero-order valence-electron chi connectivity index (χ0n) is 8.79. The summed E-state index contributed by atoms with van der Waals surface area (Å²) in [6.45, 7) is 0. The highest BCUT2D eigenvalue weighted by Gasteiger charge is 2.22. The van der Waals surface area contributed by atoms with E-state index in [0.717, 1.165) is 17.4 Å². The maximum absolute atomic E-state index is 13.2. The van der Waals surface area contributed by atoms with E-state index < -0.39 is 23.4 Å². The van der Waals surface area contributed by atoms with Gasteiger partial charge in [0.25, 0.3) is 0 Å². The summed E-state index contributed by atoms with van der Waals surface area (Å²) in [4.78, 5) is 25.8. The minimum absolute atomic E-state index is 0.175. The zero-order valence-corrected chi connectivity index (χ0v) is 9.61. The highest BCUT2D eigenvalue weighted by molar-refractivity contribution is 7.12. The van der Waals surface area contributed by atoms with E-state index in [1.165, 1.54) is 23.7 Å². The molecular weight excluding hydrogens is 261 g/mol. The van der Waals surface area contributed by atoms with Gasteiger partial charge in [-0.2, -0.15) is 0 Å². The lowest BCUT2D eigenvalue weighted by molar-refractivity contribution is 0.0664. The lowest BCUT2D eigenvalue weighted by atomic mass is 10.3. The SMILES string of the molecule is O=C(O)c1ncsc1C(=O)Oc1ccccc1F. The van der Waals surface area contributed by atoms with Gasteiger partial charge in [-0.25, -0.2) is 19.0 Å². The van der Waals surface area contributed by atoms with E-state index in [0.29, 0.717) is 0 Å². The predicted molar refractivity (Wildman–Crippen MR) is 60.4 cm³/mol. The topological polar surface area (TPSA) is 76.5 Å². The number of carboxylic acids is 1. The van der Waals surface area contributed by atoms with Crippen LogP contribution in [0.3, 0.4) is 0 Å². The number of para-hydroxylation sites is 1. The van der Waals surface area contributed by atoms with Gasteiger partial charge in [-0.3, -0.25) is 0 Å². The molecule has 2 aromatic rings. The number of benzene rings is 1. The Morgan fingerprint density at radius 2 is 2.06 bits per heavy atom. The second-order valence-corrected chi connectivity index (χ2v) is 4.01. The van der Waals surface area contributed by atoms with Gasteiger partial charge in [-0.05, 0) is 12.1 Å². The maximum atomic E-state index is 13.2. The van der Waals surface area contributed by atoms with Crippen LogP contribution in [0.15, 0.2) is 29.8 Å². The molecule has 0 aliphatic carbocycles. The summed E-state index contributed by atoms with van der Waals surface area (Å²) < 4.78 is 18.0. The Balaban J connectivity index is 2.25. The third-order valence-corrected chi connectivity index (χ3v) is 2.80. The summed E-state index contributed by atoms with van der Waals surface area (Å²) in [7, 11) is 0. The van der Waals surface area contributed by atoms with Crippen molar-refractivity contribution in [3.8, 4) is 5.75 Å². The monoisotopic (exact) mass is 267 g/mol. The minimum atomic E-state index is -1.34. The number of hydrogen-bond donors (Lipinski definition) is 1. The molecule has 0 atom stereocenters. The van der Waals surface area contributed by atoms with E-state index in [1.54, 1.807) is 0 Å². The number of carbonyl (C=O) groups excluding carboxylic acids is 1. The van der Waals surface area contributed by atoms with Crippen molar-refractivity contribution in [3.63, 3.8) is 0 Å². The van der Waals surface area contributed by atoms with Crippen LogP contribution in [0.4, 0.5) is 4.39 Å². The third-order valence-electron chi connectivity index (χ3n) is 1.99. The predicted octanol–water partition coefficient (Wildman–Crippen LogP) is 2.20. The molecule has 0 amide bonds. The average molecular weight is 267 g/mol. The summed E-state index contributed by atoms with van der Waals surface area (Å²) in [5, 5.41) is 8.79. The molecule has 0 fully saturated rings. The van der Waals surface area contributed by atoms with Crippen LogP contribution in [0.2, 0.25) is 0 Å². The largest absolute Gasteiger partial charge is 0.476 e. The molecule has 0 spiro atoms. The molecule has 5 nitrogen and oxygen atoms in total. The molecule has 0 saturated heterocycles. The molecule has 0 saturated carbocycles.